The number of ether oxygens (including phenoxy) is 2. The number of amides is 1. The molecule has 2 rings (SSSR count). The summed E-state index contributed by atoms with van der Waals surface area (Å²) in [6.45, 7) is 1.40. The van der Waals surface area contributed by atoms with Crippen LogP contribution in [0.2, 0.25) is 0 Å². The van der Waals surface area contributed by atoms with Crippen molar-refractivity contribution in [1.82, 2.24) is 4.90 Å². The first-order chi connectivity index (χ1) is 9.17. The van der Waals surface area contributed by atoms with Crippen LogP contribution >= 0.6 is 12.6 Å². The van der Waals surface area contributed by atoms with Crippen LogP contribution in [0, 0.1) is 5.92 Å². The Kier molecular flexibility index (Phi) is 4.58. The Bertz CT molecular complexity index is 464. The average molecular weight is 281 g/mol. The Hall–Kier alpha value is -1.36. The van der Waals surface area contributed by atoms with E-state index >= 15 is 0 Å². The highest BCUT2D eigenvalue weighted by molar-refractivity contribution is 7.80. The Morgan fingerprint density at radius 3 is 2.63 bits per heavy atom. The highest BCUT2D eigenvalue weighted by atomic mass is 32.1. The Morgan fingerprint density at radius 2 is 2.05 bits per heavy atom. The second-order valence-electron chi connectivity index (χ2n) is 4.72. The number of hydrogen-bond donors (Lipinski definition) is 1. The first-order valence-electron chi connectivity index (χ1n) is 6.27. The molecular formula is C14H19NO3S. The molecule has 1 aliphatic rings. The highest BCUT2D eigenvalue weighted by Crippen LogP contribution is 2.29. The van der Waals surface area contributed by atoms with E-state index in [1.807, 2.05) is 23.1 Å². The van der Waals surface area contributed by atoms with Crippen LogP contribution in [0.15, 0.2) is 18.2 Å². The van der Waals surface area contributed by atoms with E-state index in [2.05, 4.69) is 12.6 Å². The van der Waals surface area contributed by atoms with Crippen LogP contribution < -0.4 is 9.47 Å². The van der Waals surface area contributed by atoms with E-state index < -0.39 is 0 Å². The van der Waals surface area contributed by atoms with Crippen LogP contribution in [0.1, 0.15) is 12.0 Å². The maximum atomic E-state index is 11.9. The molecule has 1 fully saturated rings. The number of methoxy groups -OCH3 is 2. The number of rotatable bonds is 5. The summed E-state index contributed by atoms with van der Waals surface area (Å²) in [5.41, 5.74) is 1.05. The van der Waals surface area contributed by atoms with Gasteiger partial charge >= 0.3 is 0 Å². The van der Waals surface area contributed by atoms with Crippen LogP contribution in [0.3, 0.4) is 0 Å². The van der Waals surface area contributed by atoms with Crippen LogP contribution in [-0.2, 0) is 11.3 Å². The lowest BCUT2D eigenvalue weighted by Crippen LogP contribution is -2.24. The van der Waals surface area contributed by atoms with Crippen molar-refractivity contribution in [2.75, 3.05) is 26.5 Å². The molecule has 1 unspecified atom stereocenters. The molecule has 0 bridgehead atoms. The number of likely N-dealkylation sites (tertiary alicyclic amines) is 1. The zero-order chi connectivity index (χ0) is 13.8. The molecule has 0 radical (unpaired) electrons. The van der Waals surface area contributed by atoms with Gasteiger partial charge < -0.3 is 14.4 Å². The number of carbonyl (C=O) groups excluding carboxylic acids is 1. The second kappa shape index (κ2) is 6.19. The van der Waals surface area contributed by atoms with Gasteiger partial charge in [-0.15, -0.1) is 0 Å². The SMILES string of the molecule is COc1ccc(CN2CC(CS)CC2=O)cc1OC. The van der Waals surface area contributed by atoms with Crippen molar-refractivity contribution in [3.63, 3.8) is 0 Å². The molecule has 0 spiro atoms. The molecule has 0 N–H and O–H groups in total. The van der Waals surface area contributed by atoms with E-state index in [0.29, 0.717) is 30.4 Å². The van der Waals surface area contributed by atoms with Gasteiger partial charge in [0.25, 0.3) is 0 Å². The van der Waals surface area contributed by atoms with Gasteiger partial charge in [-0.2, -0.15) is 12.6 Å². The third-order valence-corrected chi connectivity index (χ3v) is 3.89. The minimum absolute atomic E-state index is 0.203. The molecule has 104 valence electrons. The van der Waals surface area contributed by atoms with Gasteiger partial charge in [-0.1, -0.05) is 6.07 Å². The van der Waals surface area contributed by atoms with Crippen molar-refractivity contribution in [3.8, 4) is 11.5 Å². The van der Waals surface area contributed by atoms with Crippen LogP contribution in [0.4, 0.5) is 0 Å². The predicted molar refractivity (Wildman–Crippen MR) is 76.9 cm³/mol. The van der Waals surface area contributed by atoms with Crippen LogP contribution in [0.5, 0.6) is 11.5 Å². The lowest BCUT2D eigenvalue weighted by molar-refractivity contribution is -0.128. The zero-order valence-corrected chi connectivity index (χ0v) is 12.2. The summed E-state index contributed by atoms with van der Waals surface area (Å²) < 4.78 is 10.5. The van der Waals surface area contributed by atoms with Crippen molar-refractivity contribution in [3.05, 3.63) is 23.8 Å². The largest absolute Gasteiger partial charge is 0.493 e. The molecule has 0 saturated carbocycles. The minimum Gasteiger partial charge on any atom is -0.493 e. The van der Waals surface area contributed by atoms with Gasteiger partial charge in [0.2, 0.25) is 5.91 Å². The summed E-state index contributed by atoms with van der Waals surface area (Å²) >= 11 is 4.27. The molecule has 1 aromatic carbocycles. The fourth-order valence-electron chi connectivity index (χ4n) is 2.33. The normalized spacial score (nSPS) is 18.8. The summed E-state index contributed by atoms with van der Waals surface area (Å²) in [6.07, 6.45) is 0.608. The first kappa shape index (κ1) is 14.1. The average Bonchev–Trinajstić information content (AvgIpc) is 2.79. The summed E-state index contributed by atoms with van der Waals surface area (Å²) in [7, 11) is 3.22. The van der Waals surface area contributed by atoms with Crippen LogP contribution in [0.25, 0.3) is 0 Å². The van der Waals surface area contributed by atoms with Gasteiger partial charge in [0.05, 0.1) is 14.2 Å². The molecule has 1 aliphatic heterocycles. The first-order valence-corrected chi connectivity index (χ1v) is 6.90. The van der Waals surface area contributed by atoms with E-state index in [9.17, 15) is 4.79 Å². The molecule has 1 aromatic rings. The Balaban J connectivity index is 2.09. The smallest absolute Gasteiger partial charge is 0.223 e. The van der Waals surface area contributed by atoms with Crippen molar-refractivity contribution in [2.45, 2.75) is 13.0 Å². The quantitative estimate of drug-likeness (QED) is 0.839. The Labute approximate surface area is 119 Å². The molecule has 0 aliphatic carbocycles. The molecule has 19 heavy (non-hydrogen) atoms. The number of hydrogen-bond acceptors (Lipinski definition) is 4. The van der Waals surface area contributed by atoms with Gasteiger partial charge in [-0.3, -0.25) is 4.79 Å². The standard InChI is InChI=1S/C14H19NO3S/c1-17-12-4-3-10(5-13(12)18-2)7-15-8-11(9-19)6-14(15)16/h3-5,11,19H,6-9H2,1-2H3. The van der Waals surface area contributed by atoms with Gasteiger partial charge in [0.15, 0.2) is 11.5 Å². The topological polar surface area (TPSA) is 38.8 Å². The van der Waals surface area contributed by atoms with Crippen molar-refractivity contribution in [1.29, 1.82) is 0 Å². The number of benzene rings is 1. The summed E-state index contributed by atoms with van der Waals surface area (Å²) in [5, 5.41) is 0. The zero-order valence-electron chi connectivity index (χ0n) is 11.3. The van der Waals surface area contributed by atoms with E-state index in [0.717, 1.165) is 17.9 Å². The summed E-state index contributed by atoms with van der Waals surface area (Å²) in [5.74, 6) is 2.73. The van der Waals surface area contributed by atoms with E-state index in [-0.39, 0.29) is 5.91 Å². The highest BCUT2D eigenvalue weighted by Gasteiger charge is 2.28. The molecule has 1 atom stereocenters. The number of thiol groups is 1. The number of carbonyl (C=O) groups is 1. The van der Waals surface area contributed by atoms with Crippen LogP contribution in [-0.4, -0.2) is 37.3 Å². The molecule has 5 heteroatoms. The van der Waals surface area contributed by atoms with Gasteiger partial charge in [0, 0.05) is 19.5 Å². The van der Waals surface area contributed by atoms with Gasteiger partial charge in [-0.05, 0) is 29.4 Å². The van der Waals surface area contributed by atoms with E-state index in [1.165, 1.54) is 0 Å². The lowest BCUT2D eigenvalue weighted by Gasteiger charge is -2.17. The van der Waals surface area contributed by atoms with E-state index in [4.69, 9.17) is 9.47 Å². The molecule has 1 saturated heterocycles. The molecule has 0 aromatic heterocycles. The van der Waals surface area contributed by atoms with Crippen molar-refractivity contribution < 1.29 is 14.3 Å². The van der Waals surface area contributed by atoms with E-state index in [1.54, 1.807) is 14.2 Å². The summed E-state index contributed by atoms with van der Waals surface area (Å²) in [6, 6.07) is 5.74. The lowest BCUT2D eigenvalue weighted by atomic mass is 10.1. The third-order valence-electron chi connectivity index (χ3n) is 3.37. The van der Waals surface area contributed by atoms with Gasteiger partial charge in [-0.25, -0.2) is 0 Å². The third kappa shape index (κ3) is 3.15. The van der Waals surface area contributed by atoms with Crippen molar-refractivity contribution in [2.24, 2.45) is 5.92 Å². The number of nitrogens with zero attached hydrogens (tertiary/aromatic N) is 1. The fourth-order valence-corrected chi connectivity index (χ4v) is 2.57. The van der Waals surface area contributed by atoms with Crippen molar-refractivity contribution >= 4 is 18.5 Å². The monoisotopic (exact) mass is 281 g/mol. The minimum atomic E-state index is 0.203. The fraction of sp³-hybridized carbons (Fsp3) is 0.500. The second-order valence-corrected chi connectivity index (χ2v) is 5.08. The molecule has 1 amide bonds. The Morgan fingerprint density at radius 1 is 1.32 bits per heavy atom. The maximum absolute atomic E-state index is 11.9. The molecule has 1 heterocycles. The maximum Gasteiger partial charge on any atom is 0.223 e. The van der Waals surface area contributed by atoms with Gasteiger partial charge in [0.1, 0.15) is 0 Å². The molecule has 4 nitrogen and oxygen atoms in total. The predicted octanol–water partition coefficient (Wildman–Crippen LogP) is 1.98. The summed E-state index contributed by atoms with van der Waals surface area (Å²) in [4.78, 5) is 13.7. The molecular weight excluding hydrogens is 262 g/mol.